The molecule has 0 radical (unpaired) electrons. The lowest BCUT2D eigenvalue weighted by atomic mass is 9.88. The molecule has 0 saturated heterocycles. The van der Waals surface area contributed by atoms with Crippen LogP contribution in [-0.4, -0.2) is 23.4 Å². The molecule has 6 nitrogen and oxygen atoms in total. The summed E-state index contributed by atoms with van der Waals surface area (Å²) in [5.41, 5.74) is 4.83. The minimum absolute atomic E-state index is 0.0433. The first-order valence-corrected chi connectivity index (χ1v) is 12.8. The molecule has 1 aliphatic heterocycles. The van der Waals surface area contributed by atoms with E-state index >= 15 is 0 Å². The second-order valence-electron chi connectivity index (χ2n) is 8.81. The van der Waals surface area contributed by atoms with E-state index in [0.717, 1.165) is 40.1 Å². The molecule has 2 N–H and O–H groups in total. The van der Waals surface area contributed by atoms with Gasteiger partial charge in [0, 0.05) is 42.2 Å². The SMILES string of the molecule is CC(=O)NC1CCOc2ccc(-c3csc(NC(=O)CC(c4ccccc4)c4ccccc4)n3)cc21. The molecule has 0 fully saturated rings. The molecule has 5 rings (SSSR count). The Morgan fingerprint density at radius 3 is 2.39 bits per heavy atom. The number of nitrogens with one attached hydrogen (secondary N) is 2. The van der Waals surface area contributed by atoms with Gasteiger partial charge in [-0.3, -0.25) is 9.59 Å². The Morgan fingerprint density at radius 2 is 1.72 bits per heavy atom. The van der Waals surface area contributed by atoms with Crippen molar-refractivity contribution in [2.75, 3.05) is 11.9 Å². The highest BCUT2D eigenvalue weighted by molar-refractivity contribution is 7.14. The van der Waals surface area contributed by atoms with Crippen molar-refractivity contribution in [2.45, 2.75) is 31.7 Å². The number of carbonyl (C=O) groups is 2. The molecule has 36 heavy (non-hydrogen) atoms. The molecule has 1 aromatic heterocycles. The number of fused-ring (bicyclic) bond motifs is 1. The third-order valence-electron chi connectivity index (χ3n) is 6.27. The summed E-state index contributed by atoms with van der Waals surface area (Å²) in [6, 6.07) is 26.0. The van der Waals surface area contributed by atoms with Crippen LogP contribution in [0.2, 0.25) is 0 Å². The summed E-state index contributed by atoms with van der Waals surface area (Å²) in [4.78, 5) is 29.4. The molecule has 3 aromatic carbocycles. The van der Waals surface area contributed by atoms with Crippen LogP contribution in [0.3, 0.4) is 0 Å². The quantitative estimate of drug-likeness (QED) is 0.332. The van der Waals surface area contributed by atoms with Gasteiger partial charge >= 0.3 is 0 Å². The van der Waals surface area contributed by atoms with Gasteiger partial charge in [0.1, 0.15) is 5.75 Å². The molecule has 2 heterocycles. The number of rotatable bonds is 7. The predicted octanol–water partition coefficient (Wildman–Crippen LogP) is 5.93. The van der Waals surface area contributed by atoms with E-state index in [4.69, 9.17) is 4.74 Å². The molecule has 0 aliphatic carbocycles. The molecule has 1 unspecified atom stereocenters. The van der Waals surface area contributed by atoms with E-state index in [1.54, 1.807) is 0 Å². The number of thiazole rings is 1. The van der Waals surface area contributed by atoms with Crippen LogP contribution in [0.5, 0.6) is 5.75 Å². The summed E-state index contributed by atoms with van der Waals surface area (Å²) in [7, 11) is 0. The van der Waals surface area contributed by atoms with Crippen molar-refractivity contribution in [3.05, 3.63) is 101 Å². The maximum Gasteiger partial charge on any atom is 0.227 e. The van der Waals surface area contributed by atoms with Crippen LogP contribution in [0, 0.1) is 0 Å². The summed E-state index contributed by atoms with van der Waals surface area (Å²) < 4.78 is 5.77. The van der Waals surface area contributed by atoms with Gasteiger partial charge < -0.3 is 15.4 Å². The van der Waals surface area contributed by atoms with Crippen LogP contribution >= 0.6 is 11.3 Å². The van der Waals surface area contributed by atoms with E-state index in [1.165, 1.54) is 18.3 Å². The van der Waals surface area contributed by atoms with Crippen LogP contribution in [0.15, 0.2) is 84.2 Å². The Labute approximate surface area is 214 Å². The molecule has 2 amide bonds. The number of hydrogen-bond acceptors (Lipinski definition) is 5. The second kappa shape index (κ2) is 10.7. The molecule has 7 heteroatoms. The van der Waals surface area contributed by atoms with Gasteiger partial charge in [0.25, 0.3) is 0 Å². The second-order valence-corrected chi connectivity index (χ2v) is 9.67. The fourth-order valence-corrected chi connectivity index (χ4v) is 5.30. The Morgan fingerprint density at radius 1 is 1.03 bits per heavy atom. The molecule has 1 atom stereocenters. The van der Waals surface area contributed by atoms with Crippen LogP contribution in [0.4, 0.5) is 5.13 Å². The summed E-state index contributed by atoms with van der Waals surface area (Å²) in [6.45, 7) is 2.09. The lowest BCUT2D eigenvalue weighted by Gasteiger charge is -2.26. The zero-order valence-corrected chi connectivity index (χ0v) is 20.8. The molecule has 0 spiro atoms. The van der Waals surface area contributed by atoms with E-state index < -0.39 is 0 Å². The minimum Gasteiger partial charge on any atom is -0.493 e. The molecular formula is C29H27N3O3S. The van der Waals surface area contributed by atoms with Crippen molar-refractivity contribution in [1.82, 2.24) is 10.3 Å². The third kappa shape index (κ3) is 5.47. The Kier molecular flexibility index (Phi) is 7.09. The largest absolute Gasteiger partial charge is 0.493 e. The monoisotopic (exact) mass is 497 g/mol. The van der Waals surface area contributed by atoms with Gasteiger partial charge in [-0.2, -0.15) is 0 Å². The zero-order chi connectivity index (χ0) is 24.9. The highest BCUT2D eigenvalue weighted by atomic mass is 32.1. The number of hydrogen-bond donors (Lipinski definition) is 2. The number of benzene rings is 3. The van der Waals surface area contributed by atoms with Crippen LogP contribution in [-0.2, 0) is 9.59 Å². The molecule has 182 valence electrons. The van der Waals surface area contributed by atoms with Gasteiger partial charge in [-0.05, 0) is 29.3 Å². The lowest BCUT2D eigenvalue weighted by molar-refractivity contribution is -0.120. The summed E-state index contributed by atoms with van der Waals surface area (Å²) >= 11 is 1.40. The number of ether oxygens (including phenoxy) is 1. The van der Waals surface area contributed by atoms with Gasteiger partial charge in [-0.25, -0.2) is 4.98 Å². The van der Waals surface area contributed by atoms with Crippen molar-refractivity contribution in [1.29, 1.82) is 0 Å². The number of nitrogens with zero attached hydrogens (tertiary/aromatic N) is 1. The third-order valence-corrected chi connectivity index (χ3v) is 7.02. The number of anilines is 1. The first kappa shape index (κ1) is 23.8. The molecule has 1 aliphatic rings. The summed E-state index contributed by atoms with van der Waals surface area (Å²) in [5.74, 6) is 0.581. The average molecular weight is 498 g/mol. The Balaban J connectivity index is 1.32. The van der Waals surface area contributed by atoms with Crippen molar-refractivity contribution >= 4 is 28.3 Å². The van der Waals surface area contributed by atoms with Gasteiger partial charge in [0.15, 0.2) is 5.13 Å². The normalized spacial score (nSPS) is 14.6. The highest BCUT2D eigenvalue weighted by Crippen LogP contribution is 2.36. The standard InChI is InChI=1S/C29H27N3O3S/c1-19(33)30-25-14-15-35-27-13-12-22(16-24(25)27)26-18-36-29(31-26)32-28(34)17-23(20-8-4-2-5-9-20)21-10-6-3-7-11-21/h2-13,16,18,23,25H,14-15,17H2,1H3,(H,30,33)(H,31,32,34). The van der Waals surface area contributed by atoms with E-state index in [-0.39, 0.29) is 23.8 Å². The summed E-state index contributed by atoms with van der Waals surface area (Å²) in [6.07, 6.45) is 1.04. The molecule has 4 aromatic rings. The average Bonchev–Trinajstić information content (AvgIpc) is 3.36. The van der Waals surface area contributed by atoms with Gasteiger partial charge in [-0.15, -0.1) is 11.3 Å². The first-order valence-electron chi connectivity index (χ1n) is 12.0. The van der Waals surface area contributed by atoms with Crippen LogP contribution < -0.4 is 15.4 Å². The maximum atomic E-state index is 13.1. The fourth-order valence-electron chi connectivity index (χ4n) is 4.57. The van der Waals surface area contributed by atoms with Crippen LogP contribution in [0.1, 0.15) is 48.4 Å². The van der Waals surface area contributed by atoms with Crippen molar-refractivity contribution in [3.63, 3.8) is 0 Å². The van der Waals surface area contributed by atoms with Gasteiger partial charge in [-0.1, -0.05) is 60.7 Å². The molecule has 0 saturated carbocycles. The smallest absolute Gasteiger partial charge is 0.227 e. The van der Waals surface area contributed by atoms with Crippen molar-refractivity contribution in [3.8, 4) is 17.0 Å². The first-order chi connectivity index (χ1) is 17.6. The fraction of sp³-hybridized carbons (Fsp3) is 0.207. The van der Waals surface area contributed by atoms with Gasteiger partial charge in [0.2, 0.25) is 11.8 Å². The molecular weight excluding hydrogens is 470 g/mol. The molecule has 0 bridgehead atoms. The van der Waals surface area contributed by atoms with E-state index in [9.17, 15) is 9.59 Å². The minimum atomic E-state index is -0.0862. The number of aromatic nitrogens is 1. The number of carbonyl (C=O) groups excluding carboxylic acids is 2. The summed E-state index contributed by atoms with van der Waals surface area (Å²) in [5, 5.41) is 8.47. The van der Waals surface area contributed by atoms with E-state index in [2.05, 4.69) is 39.9 Å². The Hall–Kier alpha value is -3.97. The van der Waals surface area contributed by atoms with Gasteiger partial charge in [0.05, 0.1) is 18.3 Å². The van der Waals surface area contributed by atoms with Crippen molar-refractivity contribution in [2.24, 2.45) is 0 Å². The lowest BCUT2D eigenvalue weighted by Crippen LogP contribution is -2.30. The number of amides is 2. The van der Waals surface area contributed by atoms with Crippen molar-refractivity contribution < 1.29 is 14.3 Å². The highest BCUT2D eigenvalue weighted by Gasteiger charge is 2.23. The van der Waals surface area contributed by atoms with Crippen LogP contribution in [0.25, 0.3) is 11.3 Å². The topological polar surface area (TPSA) is 80.3 Å². The predicted molar refractivity (Wildman–Crippen MR) is 142 cm³/mol. The van der Waals surface area contributed by atoms with E-state index in [0.29, 0.717) is 18.2 Å². The van der Waals surface area contributed by atoms with E-state index in [1.807, 2.05) is 60.0 Å². The zero-order valence-electron chi connectivity index (χ0n) is 19.9. The Bertz CT molecular complexity index is 1320. The maximum absolute atomic E-state index is 13.1.